The van der Waals surface area contributed by atoms with E-state index in [0.717, 1.165) is 24.2 Å². The van der Waals surface area contributed by atoms with E-state index in [2.05, 4.69) is 25.8 Å². The maximum Gasteiger partial charge on any atom is 0.407 e. The van der Waals surface area contributed by atoms with Gasteiger partial charge < -0.3 is 20.1 Å². The van der Waals surface area contributed by atoms with Crippen LogP contribution >= 0.6 is 0 Å². The van der Waals surface area contributed by atoms with Crippen LogP contribution in [-0.2, 0) is 4.74 Å². The number of anilines is 2. The number of nitrogens with zero attached hydrogens (tertiary/aromatic N) is 2. The van der Waals surface area contributed by atoms with Gasteiger partial charge in [0.2, 0.25) is 5.88 Å². The van der Waals surface area contributed by atoms with Gasteiger partial charge in [0.15, 0.2) is 5.82 Å². The summed E-state index contributed by atoms with van der Waals surface area (Å²) in [7, 11) is 0. The minimum Gasteiger partial charge on any atom is -0.477 e. The van der Waals surface area contributed by atoms with Gasteiger partial charge in [0.05, 0.1) is 6.61 Å². The van der Waals surface area contributed by atoms with Crippen molar-refractivity contribution in [2.24, 2.45) is 5.92 Å². The number of fused-ring (bicyclic) bond motifs is 3. The van der Waals surface area contributed by atoms with Gasteiger partial charge >= 0.3 is 6.09 Å². The second kappa shape index (κ2) is 6.96. The van der Waals surface area contributed by atoms with Crippen molar-refractivity contribution in [2.45, 2.75) is 49.9 Å². The van der Waals surface area contributed by atoms with E-state index in [-0.39, 0.29) is 12.0 Å². The number of aromatic amines is 1. The third-order valence-electron chi connectivity index (χ3n) is 5.76. The molecule has 8 nitrogen and oxygen atoms in total. The topological polar surface area (TPSA) is 101 Å². The minimum absolute atomic E-state index is 0.0476. The average molecular weight is 387 g/mol. The molecule has 1 amide bonds. The van der Waals surface area contributed by atoms with Crippen LogP contribution in [0.4, 0.5) is 20.7 Å². The molecule has 0 saturated heterocycles. The molecule has 9 heteroatoms. The first-order valence-corrected chi connectivity index (χ1v) is 9.65. The van der Waals surface area contributed by atoms with Crippen LogP contribution in [-0.4, -0.2) is 46.2 Å². The standard InChI is InChI=1S/C19H22FN5O3/c20-14-5-11-6-16(14)28-19(26)23-13-3-10(4-13)9-27-18-7-12(1-2-21-18)22-17-8-15(11)24-25-17/h1-2,7-8,10-11,13-14,16H,3-6,9H2,(H,23,26)(H2,22,24,25)/t10?,11?,13?,14-,16+/m1/s1. The third-order valence-corrected chi connectivity index (χ3v) is 5.76. The Kier molecular flexibility index (Phi) is 4.29. The number of carbonyl (C=O) groups excluding carboxylic acids is 1. The quantitative estimate of drug-likeness (QED) is 0.642. The number of alkyl halides is 1. The zero-order valence-corrected chi connectivity index (χ0v) is 15.2. The van der Waals surface area contributed by atoms with E-state index in [9.17, 15) is 9.18 Å². The number of pyridine rings is 1. The van der Waals surface area contributed by atoms with Crippen LogP contribution in [0.5, 0.6) is 5.88 Å². The Balaban J connectivity index is 1.38. The molecule has 2 saturated carbocycles. The highest BCUT2D eigenvalue weighted by molar-refractivity contribution is 5.68. The molecule has 4 aliphatic rings. The van der Waals surface area contributed by atoms with Gasteiger partial charge in [-0.25, -0.2) is 14.2 Å². The van der Waals surface area contributed by atoms with Gasteiger partial charge in [0.25, 0.3) is 0 Å². The van der Waals surface area contributed by atoms with Crippen molar-refractivity contribution >= 4 is 17.6 Å². The second-order valence-corrected chi connectivity index (χ2v) is 7.83. The first kappa shape index (κ1) is 17.3. The van der Waals surface area contributed by atoms with Gasteiger partial charge in [-0.3, -0.25) is 5.10 Å². The fourth-order valence-corrected chi connectivity index (χ4v) is 4.18. The largest absolute Gasteiger partial charge is 0.477 e. The molecule has 4 heterocycles. The van der Waals surface area contributed by atoms with Gasteiger partial charge in [0, 0.05) is 41.7 Å². The number of amides is 1. The first-order valence-electron chi connectivity index (χ1n) is 9.65. The van der Waals surface area contributed by atoms with Crippen LogP contribution in [0.15, 0.2) is 24.4 Å². The lowest BCUT2D eigenvalue weighted by atomic mass is 9.81. The summed E-state index contributed by atoms with van der Waals surface area (Å²) in [5.41, 5.74) is 1.64. The highest BCUT2D eigenvalue weighted by Gasteiger charge is 2.39. The fourth-order valence-electron chi connectivity index (χ4n) is 4.18. The molecule has 2 aliphatic heterocycles. The van der Waals surface area contributed by atoms with Crippen molar-refractivity contribution in [3.63, 3.8) is 0 Å². The van der Waals surface area contributed by atoms with Crippen LogP contribution in [0.25, 0.3) is 0 Å². The Morgan fingerprint density at radius 3 is 2.96 bits per heavy atom. The predicted molar refractivity (Wildman–Crippen MR) is 98.4 cm³/mol. The van der Waals surface area contributed by atoms with Gasteiger partial charge in [-0.2, -0.15) is 5.10 Å². The molecule has 28 heavy (non-hydrogen) atoms. The van der Waals surface area contributed by atoms with Gasteiger partial charge in [-0.1, -0.05) is 0 Å². The molecule has 0 spiro atoms. The van der Waals surface area contributed by atoms with Crippen molar-refractivity contribution in [2.75, 3.05) is 11.9 Å². The molecule has 0 radical (unpaired) electrons. The van der Waals surface area contributed by atoms with E-state index < -0.39 is 18.4 Å². The van der Waals surface area contributed by atoms with Crippen molar-refractivity contribution in [3.05, 3.63) is 30.1 Å². The molecule has 0 aromatic carbocycles. The minimum atomic E-state index is -1.18. The summed E-state index contributed by atoms with van der Waals surface area (Å²) in [5.74, 6) is 1.45. The predicted octanol–water partition coefficient (Wildman–Crippen LogP) is 3.03. The summed E-state index contributed by atoms with van der Waals surface area (Å²) < 4.78 is 25.6. The summed E-state index contributed by atoms with van der Waals surface area (Å²) in [4.78, 5) is 16.4. The molecule has 1 unspecified atom stereocenters. The third kappa shape index (κ3) is 3.48. The zero-order chi connectivity index (χ0) is 19.1. The maximum atomic E-state index is 14.4. The number of alkyl carbamates (subject to hydrolysis) is 1. The number of aromatic nitrogens is 3. The first-order chi connectivity index (χ1) is 13.6. The molecule has 2 fully saturated rings. The number of halogens is 1. The summed E-state index contributed by atoms with van der Waals surface area (Å²) in [6.45, 7) is 0.535. The molecule has 3 atom stereocenters. The van der Waals surface area contributed by atoms with E-state index in [1.807, 2.05) is 18.2 Å². The monoisotopic (exact) mass is 387 g/mol. The molecule has 8 bridgehead atoms. The zero-order valence-electron chi connectivity index (χ0n) is 15.2. The number of rotatable bonds is 0. The van der Waals surface area contributed by atoms with E-state index in [4.69, 9.17) is 9.47 Å². The summed E-state index contributed by atoms with van der Waals surface area (Å²) >= 11 is 0. The maximum absolute atomic E-state index is 14.4. The van der Waals surface area contributed by atoms with Crippen molar-refractivity contribution in [1.29, 1.82) is 0 Å². The Labute approximate surface area is 161 Å². The van der Waals surface area contributed by atoms with E-state index >= 15 is 0 Å². The lowest BCUT2D eigenvalue weighted by molar-refractivity contribution is 0.0508. The molecule has 2 aliphatic carbocycles. The van der Waals surface area contributed by atoms with Gasteiger partial charge in [-0.15, -0.1) is 0 Å². The number of ether oxygens (including phenoxy) is 2. The Morgan fingerprint density at radius 2 is 2.07 bits per heavy atom. The average Bonchev–Trinajstić information content (AvgIpc) is 3.23. The summed E-state index contributed by atoms with van der Waals surface area (Å²) in [5, 5.41) is 13.3. The van der Waals surface area contributed by atoms with Crippen LogP contribution < -0.4 is 15.4 Å². The number of hydrogen-bond acceptors (Lipinski definition) is 6. The lowest BCUT2D eigenvalue weighted by Crippen LogP contribution is -2.47. The number of H-pyrrole nitrogens is 1. The van der Waals surface area contributed by atoms with Crippen LogP contribution in [0.1, 0.15) is 37.3 Å². The Bertz CT molecular complexity index is 869. The summed E-state index contributed by atoms with van der Waals surface area (Å²) in [6.07, 6.45) is 1.60. The Morgan fingerprint density at radius 1 is 1.18 bits per heavy atom. The molecule has 2 aromatic rings. The van der Waals surface area contributed by atoms with Crippen molar-refractivity contribution in [3.8, 4) is 5.88 Å². The summed E-state index contributed by atoms with van der Waals surface area (Å²) in [6, 6.07) is 5.57. The van der Waals surface area contributed by atoms with Crippen LogP contribution in [0.2, 0.25) is 0 Å². The van der Waals surface area contributed by atoms with Gasteiger partial charge in [0.1, 0.15) is 12.3 Å². The molecule has 148 valence electrons. The molecular weight excluding hydrogens is 365 g/mol. The highest BCUT2D eigenvalue weighted by atomic mass is 19.1. The normalized spacial score (nSPS) is 31.9. The lowest BCUT2D eigenvalue weighted by Gasteiger charge is -2.35. The Hall–Kier alpha value is -2.84. The number of nitrogens with one attached hydrogen (secondary N) is 3. The fraction of sp³-hybridized carbons (Fsp3) is 0.526. The SMILES string of the molecule is O=C1NC2CC(COc3cc(ccn3)Nc3cc([nH]n3)C3C[C@@H](F)[C@H](C3)O1)C2. The van der Waals surface area contributed by atoms with Crippen molar-refractivity contribution < 1.29 is 18.7 Å². The smallest absolute Gasteiger partial charge is 0.407 e. The second-order valence-electron chi connectivity index (χ2n) is 7.83. The van der Waals surface area contributed by atoms with Crippen LogP contribution in [0.3, 0.4) is 0 Å². The number of carbonyl (C=O) groups is 1. The number of hydrogen-bond donors (Lipinski definition) is 3. The highest BCUT2D eigenvalue weighted by Crippen LogP contribution is 2.38. The van der Waals surface area contributed by atoms with E-state index in [0.29, 0.717) is 37.1 Å². The molecular formula is C19H22FN5O3. The van der Waals surface area contributed by atoms with Crippen molar-refractivity contribution in [1.82, 2.24) is 20.5 Å². The molecule has 6 rings (SSSR count). The van der Waals surface area contributed by atoms with E-state index in [1.165, 1.54) is 0 Å². The molecule has 3 N–H and O–H groups in total. The van der Waals surface area contributed by atoms with Gasteiger partial charge in [-0.05, 0) is 37.7 Å². The molecule has 2 aromatic heterocycles. The van der Waals surface area contributed by atoms with E-state index in [1.54, 1.807) is 6.20 Å². The van der Waals surface area contributed by atoms with Crippen LogP contribution in [0, 0.1) is 5.92 Å².